The summed E-state index contributed by atoms with van der Waals surface area (Å²) < 4.78 is 32.5. The van der Waals surface area contributed by atoms with Crippen LogP contribution in [0, 0.1) is 0 Å². The lowest BCUT2D eigenvalue weighted by atomic mass is 9.97. The highest BCUT2D eigenvalue weighted by molar-refractivity contribution is 7.92. The number of rotatable bonds is 6. The lowest BCUT2D eigenvalue weighted by molar-refractivity contribution is -0.142. The highest BCUT2D eigenvalue weighted by Gasteiger charge is 2.34. The first-order valence-electron chi connectivity index (χ1n) is 8.22. The van der Waals surface area contributed by atoms with Gasteiger partial charge in [-0.2, -0.15) is 0 Å². The predicted molar refractivity (Wildman–Crippen MR) is 102 cm³/mol. The maximum absolute atomic E-state index is 13.1. The fraction of sp³-hybridized carbons (Fsp3) is 0.278. The van der Waals surface area contributed by atoms with Gasteiger partial charge in [-0.25, -0.2) is 13.2 Å². The smallest absolute Gasteiger partial charge is 0.329 e. The van der Waals surface area contributed by atoms with E-state index in [1.807, 2.05) is 12.1 Å². The Kier molecular flexibility index (Phi) is 5.71. The third-order valence-corrected chi connectivity index (χ3v) is 6.39. The molecule has 1 aliphatic heterocycles. The number of nitrogens with one attached hydrogen (secondary N) is 1. The van der Waals surface area contributed by atoms with E-state index in [1.54, 1.807) is 24.3 Å². The van der Waals surface area contributed by atoms with Gasteiger partial charge in [-0.3, -0.25) is 4.31 Å². The van der Waals surface area contributed by atoms with Gasteiger partial charge in [0.05, 0.1) is 23.2 Å². The Morgan fingerprint density at radius 2 is 2.00 bits per heavy atom. The van der Waals surface area contributed by atoms with E-state index in [0.717, 1.165) is 5.56 Å². The van der Waals surface area contributed by atoms with E-state index >= 15 is 0 Å². The molecule has 27 heavy (non-hydrogen) atoms. The molecule has 7 nitrogen and oxygen atoms in total. The number of carboxylic acid groups (broad SMARTS) is 1. The van der Waals surface area contributed by atoms with E-state index in [0.29, 0.717) is 22.8 Å². The normalized spacial score (nSPS) is 17.7. The Hall–Kier alpha value is -2.13. The molecule has 2 aromatic carbocycles. The number of nitrogens with zero attached hydrogens (tertiary/aromatic N) is 1. The molecule has 0 fully saturated rings. The van der Waals surface area contributed by atoms with Crippen LogP contribution in [0.2, 0.25) is 5.02 Å². The topological polar surface area (TPSA) is 95.9 Å². The van der Waals surface area contributed by atoms with E-state index in [1.165, 1.54) is 17.4 Å². The van der Waals surface area contributed by atoms with Crippen LogP contribution in [0.5, 0.6) is 0 Å². The number of hydrogen-bond acceptors (Lipinski definition) is 5. The molecule has 0 spiro atoms. The third kappa shape index (κ3) is 3.93. The molecule has 0 radical (unpaired) electrons. The maximum atomic E-state index is 13.1. The predicted octanol–water partition coefficient (Wildman–Crippen LogP) is 2.26. The quantitative estimate of drug-likeness (QED) is 0.709. The number of fused-ring (bicyclic) bond motifs is 2. The molecule has 2 aromatic rings. The molecule has 3 rings (SSSR count). The Labute approximate surface area is 162 Å². The molecule has 9 heteroatoms. The summed E-state index contributed by atoms with van der Waals surface area (Å²) in [7, 11) is -2.26. The Bertz CT molecular complexity index is 964. The average Bonchev–Trinajstić information content (AvgIpc) is 2.70. The summed E-state index contributed by atoms with van der Waals surface area (Å²) in [6, 6.07) is 11.6. The fourth-order valence-corrected chi connectivity index (χ4v) is 4.80. The maximum Gasteiger partial charge on any atom is 0.329 e. The highest BCUT2D eigenvalue weighted by atomic mass is 35.5. The minimum Gasteiger partial charge on any atom is -0.480 e. The second-order valence-corrected chi connectivity index (χ2v) is 8.42. The first kappa shape index (κ1) is 19.6. The van der Waals surface area contributed by atoms with Gasteiger partial charge in [0.1, 0.15) is 6.61 Å². The summed E-state index contributed by atoms with van der Waals surface area (Å²) in [5, 5.41) is 12.2. The number of para-hydroxylation sites is 1. The molecule has 0 aromatic heterocycles. The largest absolute Gasteiger partial charge is 0.480 e. The zero-order valence-electron chi connectivity index (χ0n) is 14.6. The van der Waals surface area contributed by atoms with Crippen molar-refractivity contribution < 1.29 is 23.1 Å². The van der Waals surface area contributed by atoms with E-state index in [-0.39, 0.29) is 18.1 Å². The molecule has 2 N–H and O–H groups in total. The molecular weight excluding hydrogens is 392 g/mol. The van der Waals surface area contributed by atoms with Gasteiger partial charge < -0.3 is 15.2 Å². The van der Waals surface area contributed by atoms with Gasteiger partial charge in [-0.05, 0) is 29.3 Å². The second kappa shape index (κ2) is 7.85. The van der Waals surface area contributed by atoms with E-state index in [9.17, 15) is 13.2 Å². The summed E-state index contributed by atoms with van der Waals surface area (Å²) in [4.78, 5) is 10.7. The van der Waals surface area contributed by atoms with Gasteiger partial charge in [0.15, 0.2) is 0 Å². The van der Waals surface area contributed by atoms with Crippen molar-refractivity contribution in [2.45, 2.75) is 10.9 Å². The Morgan fingerprint density at radius 3 is 2.74 bits per heavy atom. The molecule has 0 saturated carbocycles. The van der Waals surface area contributed by atoms with Crippen molar-refractivity contribution in [3.8, 4) is 0 Å². The number of carboxylic acids is 1. The lowest BCUT2D eigenvalue weighted by Gasteiger charge is -2.22. The second-order valence-electron chi connectivity index (χ2n) is 6.05. The van der Waals surface area contributed by atoms with Crippen molar-refractivity contribution in [3.05, 3.63) is 58.6 Å². The van der Waals surface area contributed by atoms with Gasteiger partial charge >= 0.3 is 5.97 Å². The van der Waals surface area contributed by atoms with Crippen LogP contribution in [0.15, 0.2) is 47.4 Å². The van der Waals surface area contributed by atoms with Gasteiger partial charge in [0, 0.05) is 18.6 Å². The minimum absolute atomic E-state index is 0.137. The van der Waals surface area contributed by atoms with Gasteiger partial charge in [0.25, 0.3) is 10.0 Å². The van der Waals surface area contributed by atoms with E-state index < -0.39 is 22.0 Å². The molecule has 1 heterocycles. The van der Waals surface area contributed by atoms with Gasteiger partial charge in [-0.1, -0.05) is 35.9 Å². The number of halogens is 1. The average molecular weight is 411 g/mol. The van der Waals surface area contributed by atoms with Crippen molar-refractivity contribution >= 4 is 33.3 Å². The number of aliphatic carboxylic acids is 1. The molecular formula is C18H19ClN2O5S. The number of ether oxygens (including phenoxy) is 1. The van der Waals surface area contributed by atoms with Crippen LogP contribution in [-0.4, -0.2) is 46.3 Å². The summed E-state index contributed by atoms with van der Waals surface area (Å²) in [5.74, 6) is -1.04. The number of hydrogen-bond donors (Lipinski definition) is 2. The summed E-state index contributed by atoms with van der Waals surface area (Å²) >= 11 is 6.06. The van der Waals surface area contributed by atoms with Crippen LogP contribution in [-0.2, 0) is 19.6 Å². The number of carbonyl (C=O) groups is 1. The SMILES string of the molecule is CN1c2ccccc2C(NCCOCC(=O)O)c2ccc(Cl)cc2S1(=O)=O. The summed E-state index contributed by atoms with van der Waals surface area (Å²) in [6.45, 7) is 0.140. The van der Waals surface area contributed by atoms with Crippen LogP contribution < -0.4 is 9.62 Å². The van der Waals surface area contributed by atoms with Crippen LogP contribution in [0.25, 0.3) is 0 Å². The van der Waals surface area contributed by atoms with Crippen LogP contribution in [0.4, 0.5) is 5.69 Å². The van der Waals surface area contributed by atoms with Crippen molar-refractivity contribution in [2.75, 3.05) is 31.1 Å². The van der Waals surface area contributed by atoms with Gasteiger partial charge in [-0.15, -0.1) is 0 Å². The minimum atomic E-state index is -3.77. The van der Waals surface area contributed by atoms with Gasteiger partial charge in [0.2, 0.25) is 0 Å². The molecule has 0 aliphatic carbocycles. The first-order chi connectivity index (χ1) is 12.8. The van der Waals surface area contributed by atoms with Crippen LogP contribution >= 0.6 is 11.6 Å². The van der Waals surface area contributed by atoms with Crippen molar-refractivity contribution in [1.82, 2.24) is 5.32 Å². The number of sulfonamides is 1. The molecule has 1 unspecified atom stereocenters. The Balaban J connectivity index is 2.01. The molecule has 1 aliphatic rings. The first-order valence-corrected chi connectivity index (χ1v) is 10.0. The van der Waals surface area contributed by atoms with Crippen molar-refractivity contribution in [2.24, 2.45) is 0 Å². The zero-order valence-corrected chi connectivity index (χ0v) is 16.1. The number of benzene rings is 2. The van der Waals surface area contributed by atoms with Crippen LogP contribution in [0.1, 0.15) is 17.2 Å². The van der Waals surface area contributed by atoms with Crippen molar-refractivity contribution in [3.63, 3.8) is 0 Å². The standard InChI is InChI=1S/C18H19ClN2O5S/c1-21-15-5-3-2-4-13(15)18(20-8-9-26-11-17(22)23)14-7-6-12(19)10-16(14)27(21,24)25/h2-7,10,18,20H,8-9,11H2,1H3,(H,22,23). The van der Waals surface area contributed by atoms with Crippen molar-refractivity contribution in [1.29, 1.82) is 0 Å². The summed E-state index contributed by atoms with van der Waals surface area (Å²) in [5.41, 5.74) is 1.94. The molecule has 0 amide bonds. The highest BCUT2D eigenvalue weighted by Crippen LogP contribution is 2.40. The molecule has 0 saturated heterocycles. The Morgan fingerprint density at radius 1 is 1.26 bits per heavy atom. The summed E-state index contributed by atoms with van der Waals surface area (Å²) in [6.07, 6.45) is 0. The monoisotopic (exact) mass is 410 g/mol. The molecule has 0 bridgehead atoms. The third-order valence-electron chi connectivity index (χ3n) is 4.33. The zero-order chi connectivity index (χ0) is 19.6. The van der Waals surface area contributed by atoms with E-state index in [2.05, 4.69) is 5.32 Å². The van der Waals surface area contributed by atoms with Crippen LogP contribution in [0.3, 0.4) is 0 Å². The molecule has 144 valence electrons. The molecule has 1 atom stereocenters. The number of anilines is 1. The van der Waals surface area contributed by atoms with E-state index in [4.69, 9.17) is 21.4 Å². The fourth-order valence-electron chi connectivity index (χ4n) is 3.09. The lowest BCUT2D eigenvalue weighted by Crippen LogP contribution is -2.27.